The highest BCUT2D eigenvalue weighted by Crippen LogP contribution is 2.33. The molecule has 1 amide bonds. The number of halogens is 1. The van der Waals surface area contributed by atoms with Gasteiger partial charge in [-0.2, -0.15) is 4.98 Å². The van der Waals surface area contributed by atoms with Gasteiger partial charge < -0.3 is 18.9 Å². The zero-order valence-electron chi connectivity index (χ0n) is 14.4. The average molecular weight is 457 g/mol. The molecule has 0 N–H and O–H groups in total. The average Bonchev–Trinajstić information content (AvgIpc) is 3.07. The van der Waals surface area contributed by atoms with Gasteiger partial charge in [0.05, 0.1) is 25.7 Å². The monoisotopic (exact) mass is 457 g/mol. The van der Waals surface area contributed by atoms with Crippen LogP contribution in [-0.2, 0) is 0 Å². The van der Waals surface area contributed by atoms with Crippen LogP contribution in [-0.4, -0.2) is 48.3 Å². The van der Waals surface area contributed by atoms with Gasteiger partial charge in [-0.25, -0.2) is 0 Å². The fraction of sp³-hybridized carbons (Fsp3) is 0.471. The largest absolute Gasteiger partial charge is 0.493 e. The lowest BCUT2D eigenvalue weighted by molar-refractivity contribution is 0.0694. The number of rotatable bonds is 4. The van der Waals surface area contributed by atoms with E-state index in [2.05, 4.69) is 32.7 Å². The van der Waals surface area contributed by atoms with Gasteiger partial charge in [-0.3, -0.25) is 4.79 Å². The highest BCUT2D eigenvalue weighted by atomic mass is 127. The summed E-state index contributed by atoms with van der Waals surface area (Å²) in [4.78, 5) is 19.2. The first kappa shape index (κ1) is 18.0. The Morgan fingerprint density at radius 3 is 2.68 bits per heavy atom. The first-order valence-electron chi connectivity index (χ1n) is 8.04. The van der Waals surface area contributed by atoms with Crippen molar-refractivity contribution in [1.29, 1.82) is 0 Å². The molecule has 1 aliphatic heterocycles. The molecule has 2 heterocycles. The summed E-state index contributed by atoms with van der Waals surface area (Å²) in [6.45, 7) is 3.09. The van der Waals surface area contributed by atoms with Gasteiger partial charge in [0, 0.05) is 16.7 Å². The number of nitrogens with zero attached hydrogens (tertiary/aromatic N) is 3. The number of ether oxygens (including phenoxy) is 2. The minimum absolute atomic E-state index is 0.0220. The molecule has 1 fully saturated rings. The number of aryl methyl sites for hydroxylation is 1. The Bertz CT molecular complexity index is 777. The number of benzene rings is 1. The quantitative estimate of drug-likeness (QED) is 0.658. The van der Waals surface area contributed by atoms with E-state index in [1.807, 2.05) is 11.0 Å². The lowest BCUT2D eigenvalue weighted by atomic mass is 9.97. The molecular formula is C17H20IN3O4. The van der Waals surface area contributed by atoms with Crippen LogP contribution in [0.1, 0.15) is 40.8 Å². The van der Waals surface area contributed by atoms with Crippen molar-refractivity contribution >= 4 is 28.5 Å². The van der Waals surface area contributed by atoms with Crippen molar-refractivity contribution in [2.24, 2.45) is 0 Å². The molecule has 8 heteroatoms. The lowest BCUT2D eigenvalue weighted by Gasteiger charge is -2.31. The zero-order chi connectivity index (χ0) is 18.0. The van der Waals surface area contributed by atoms with E-state index >= 15 is 0 Å². The number of likely N-dealkylation sites (tertiary alicyclic amines) is 1. The van der Waals surface area contributed by atoms with Gasteiger partial charge in [0.1, 0.15) is 0 Å². The van der Waals surface area contributed by atoms with Crippen LogP contribution < -0.4 is 9.47 Å². The molecule has 1 atom stereocenters. The van der Waals surface area contributed by atoms with Crippen molar-refractivity contribution < 1.29 is 18.8 Å². The Labute approximate surface area is 159 Å². The van der Waals surface area contributed by atoms with Crippen LogP contribution in [0.3, 0.4) is 0 Å². The van der Waals surface area contributed by atoms with Gasteiger partial charge in [-0.1, -0.05) is 5.16 Å². The van der Waals surface area contributed by atoms with E-state index in [9.17, 15) is 4.79 Å². The predicted octanol–water partition coefficient (Wildman–Crippen LogP) is 3.02. The normalized spacial score (nSPS) is 17.4. The maximum atomic E-state index is 13.0. The van der Waals surface area contributed by atoms with Crippen molar-refractivity contribution in [2.75, 3.05) is 27.3 Å². The van der Waals surface area contributed by atoms with E-state index in [0.29, 0.717) is 41.9 Å². The highest BCUT2D eigenvalue weighted by molar-refractivity contribution is 14.1. The maximum absolute atomic E-state index is 13.0. The van der Waals surface area contributed by atoms with Gasteiger partial charge in [0.25, 0.3) is 5.91 Å². The molecule has 1 unspecified atom stereocenters. The Kier molecular flexibility index (Phi) is 5.45. The summed E-state index contributed by atoms with van der Waals surface area (Å²) in [5.74, 6) is 2.45. The standard InChI is InChI=1S/C17H20IN3O4/c1-10-19-16(25-20-10)11-5-4-6-21(9-11)17(22)12-7-14(23-2)15(24-3)8-13(12)18/h7-8,11H,4-6,9H2,1-3H3. The molecule has 0 radical (unpaired) electrons. The SMILES string of the molecule is COc1cc(I)c(C(=O)N2CCCC(c3nc(C)no3)C2)cc1OC. The molecule has 0 saturated carbocycles. The minimum atomic E-state index is -0.0220. The molecule has 1 aromatic carbocycles. The molecule has 1 aromatic heterocycles. The molecule has 0 bridgehead atoms. The van der Waals surface area contributed by atoms with Crippen LogP contribution in [0.4, 0.5) is 0 Å². The third-order valence-corrected chi connectivity index (χ3v) is 5.20. The van der Waals surface area contributed by atoms with E-state index in [4.69, 9.17) is 14.0 Å². The first-order valence-corrected chi connectivity index (χ1v) is 9.12. The van der Waals surface area contributed by atoms with Crippen LogP contribution in [0.5, 0.6) is 11.5 Å². The van der Waals surface area contributed by atoms with Crippen molar-refractivity contribution in [3.8, 4) is 11.5 Å². The van der Waals surface area contributed by atoms with Crippen LogP contribution in [0.15, 0.2) is 16.7 Å². The molecule has 1 saturated heterocycles. The summed E-state index contributed by atoms with van der Waals surface area (Å²) in [5.41, 5.74) is 0.612. The summed E-state index contributed by atoms with van der Waals surface area (Å²) in [5, 5.41) is 3.85. The van der Waals surface area contributed by atoms with Crippen LogP contribution in [0, 0.1) is 10.5 Å². The van der Waals surface area contributed by atoms with Crippen molar-refractivity contribution in [3.05, 3.63) is 33.0 Å². The molecule has 2 aromatic rings. The first-order chi connectivity index (χ1) is 12.0. The Balaban J connectivity index is 1.83. The fourth-order valence-corrected chi connectivity index (χ4v) is 3.70. The second-order valence-corrected chi connectivity index (χ2v) is 7.12. The number of carbonyl (C=O) groups excluding carboxylic acids is 1. The van der Waals surface area contributed by atoms with Crippen LogP contribution in [0.25, 0.3) is 0 Å². The van der Waals surface area contributed by atoms with Gasteiger partial charge in [0.15, 0.2) is 17.3 Å². The van der Waals surface area contributed by atoms with Crippen LogP contribution in [0.2, 0.25) is 0 Å². The molecule has 7 nitrogen and oxygen atoms in total. The topological polar surface area (TPSA) is 77.7 Å². The smallest absolute Gasteiger partial charge is 0.255 e. The summed E-state index contributed by atoms with van der Waals surface area (Å²) in [7, 11) is 3.14. The number of hydrogen-bond donors (Lipinski definition) is 0. The predicted molar refractivity (Wildman–Crippen MR) is 99.2 cm³/mol. The zero-order valence-corrected chi connectivity index (χ0v) is 16.6. The van der Waals surface area contributed by atoms with E-state index in [1.54, 1.807) is 27.2 Å². The van der Waals surface area contributed by atoms with E-state index in [-0.39, 0.29) is 11.8 Å². The number of methoxy groups -OCH3 is 2. The van der Waals surface area contributed by atoms with Crippen molar-refractivity contribution in [1.82, 2.24) is 15.0 Å². The van der Waals surface area contributed by atoms with Crippen LogP contribution >= 0.6 is 22.6 Å². The summed E-state index contributed by atoms with van der Waals surface area (Å²) in [6, 6.07) is 3.55. The number of piperidine rings is 1. The van der Waals surface area contributed by atoms with E-state index < -0.39 is 0 Å². The minimum Gasteiger partial charge on any atom is -0.493 e. The van der Waals surface area contributed by atoms with Gasteiger partial charge in [0.2, 0.25) is 5.89 Å². The Morgan fingerprint density at radius 2 is 2.04 bits per heavy atom. The van der Waals surface area contributed by atoms with Crippen molar-refractivity contribution in [3.63, 3.8) is 0 Å². The molecule has 0 spiro atoms. The highest BCUT2D eigenvalue weighted by Gasteiger charge is 2.30. The Morgan fingerprint density at radius 1 is 1.32 bits per heavy atom. The van der Waals surface area contributed by atoms with E-state index in [0.717, 1.165) is 16.4 Å². The second kappa shape index (κ2) is 7.59. The van der Waals surface area contributed by atoms with Gasteiger partial charge in [-0.15, -0.1) is 0 Å². The molecular weight excluding hydrogens is 437 g/mol. The van der Waals surface area contributed by atoms with Crippen molar-refractivity contribution in [2.45, 2.75) is 25.7 Å². The number of hydrogen-bond acceptors (Lipinski definition) is 6. The third kappa shape index (κ3) is 3.73. The summed E-state index contributed by atoms with van der Waals surface area (Å²) < 4.78 is 16.7. The molecule has 3 rings (SSSR count). The summed E-state index contributed by atoms with van der Waals surface area (Å²) >= 11 is 2.15. The molecule has 134 valence electrons. The van der Waals surface area contributed by atoms with Gasteiger partial charge >= 0.3 is 0 Å². The third-order valence-electron chi connectivity index (χ3n) is 4.30. The van der Waals surface area contributed by atoms with Gasteiger partial charge in [-0.05, 0) is 54.5 Å². The fourth-order valence-electron chi connectivity index (χ4n) is 3.03. The molecule has 1 aliphatic rings. The summed E-state index contributed by atoms with van der Waals surface area (Å²) in [6.07, 6.45) is 1.84. The maximum Gasteiger partial charge on any atom is 0.255 e. The molecule has 0 aliphatic carbocycles. The van der Waals surface area contributed by atoms with E-state index in [1.165, 1.54) is 0 Å². The number of carbonyl (C=O) groups is 1. The lowest BCUT2D eigenvalue weighted by Crippen LogP contribution is -2.39. The number of aromatic nitrogens is 2. The Hall–Kier alpha value is -1.84. The second-order valence-electron chi connectivity index (χ2n) is 5.96. The number of amides is 1. The molecule has 25 heavy (non-hydrogen) atoms.